The number of rotatable bonds is 3. The third kappa shape index (κ3) is 3.06. The van der Waals surface area contributed by atoms with Crippen LogP contribution in [0.25, 0.3) is 44.1 Å². The van der Waals surface area contributed by atoms with E-state index in [4.69, 9.17) is 4.99 Å². The highest BCUT2D eigenvalue weighted by molar-refractivity contribution is 6.14. The quantitative estimate of drug-likeness (QED) is 0.210. The van der Waals surface area contributed by atoms with E-state index in [0.717, 1.165) is 29.7 Å². The van der Waals surface area contributed by atoms with Gasteiger partial charge in [0.1, 0.15) is 0 Å². The molecule has 0 saturated carbocycles. The lowest BCUT2D eigenvalue weighted by molar-refractivity contribution is 0.989. The molecule has 0 fully saturated rings. The maximum Gasteiger partial charge on any atom is 0.0636 e. The smallest absolute Gasteiger partial charge is 0.0636 e. The Hall–Kier alpha value is -3.97. The molecule has 1 aliphatic rings. The molecule has 0 unspecified atom stereocenters. The molecule has 6 rings (SSSR count). The van der Waals surface area contributed by atoms with Crippen LogP contribution in [-0.4, -0.2) is 6.21 Å². The molecular weight excluding hydrogens is 386 g/mol. The van der Waals surface area contributed by atoms with Gasteiger partial charge in [0.05, 0.1) is 5.70 Å². The average molecular weight is 410 g/mol. The molecule has 5 aromatic rings. The Kier molecular flexibility index (Phi) is 4.47. The molecule has 0 aliphatic heterocycles. The summed E-state index contributed by atoms with van der Waals surface area (Å²) in [6.45, 7) is 4.37. The Morgan fingerprint density at radius 1 is 0.750 bits per heavy atom. The minimum atomic E-state index is 0.802. The van der Waals surface area contributed by atoms with Gasteiger partial charge in [-0.15, -0.1) is 0 Å². The Labute approximate surface area is 188 Å². The van der Waals surface area contributed by atoms with E-state index in [0.29, 0.717) is 0 Å². The molecule has 1 aliphatic carbocycles. The zero-order chi connectivity index (χ0) is 21.5. The van der Waals surface area contributed by atoms with E-state index < -0.39 is 0 Å². The van der Waals surface area contributed by atoms with E-state index in [9.17, 15) is 0 Å². The third-order valence-corrected chi connectivity index (χ3v) is 6.51. The van der Waals surface area contributed by atoms with Crippen LogP contribution in [0.15, 0.2) is 103 Å². The van der Waals surface area contributed by atoms with Crippen molar-refractivity contribution in [3.05, 3.63) is 120 Å². The SMILES string of the molecule is C=C(/N=C/c1cc2ccccc2c2ccccc12)c1cc2c(c3ccccc13)C=CCC2. The lowest BCUT2D eigenvalue weighted by atomic mass is 9.88. The summed E-state index contributed by atoms with van der Waals surface area (Å²) in [5, 5.41) is 7.45. The van der Waals surface area contributed by atoms with E-state index >= 15 is 0 Å². The topological polar surface area (TPSA) is 12.4 Å². The first-order chi connectivity index (χ1) is 15.8. The van der Waals surface area contributed by atoms with Crippen molar-refractivity contribution in [2.45, 2.75) is 12.8 Å². The molecule has 5 aromatic carbocycles. The van der Waals surface area contributed by atoms with Gasteiger partial charge in [0.25, 0.3) is 0 Å². The van der Waals surface area contributed by atoms with Gasteiger partial charge in [-0.2, -0.15) is 0 Å². The minimum absolute atomic E-state index is 0.802. The molecule has 0 atom stereocenters. The molecule has 0 amide bonds. The van der Waals surface area contributed by atoms with Crippen molar-refractivity contribution in [2.75, 3.05) is 0 Å². The number of hydrogen-bond donors (Lipinski definition) is 0. The number of nitrogens with zero attached hydrogens (tertiary/aromatic N) is 1. The Bertz CT molecular complexity index is 1580. The first-order valence-corrected chi connectivity index (χ1v) is 11.1. The van der Waals surface area contributed by atoms with Gasteiger partial charge in [-0.05, 0) is 68.4 Å². The number of allylic oxidation sites excluding steroid dienone is 1. The number of aryl methyl sites for hydroxylation is 1. The molecule has 0 aromatic heterocycles. The second-order valence-corrected chi connectivity index (χ2v) is 8.42. The minimum Gasteiger partial charge on any atom is -0.256 e. The summed E-state index contributed by atoms with van der Waals surface area (Å²) in [5.74, 6) is 0. The molecule has 152 valence electrons. The largest absolute Gasteiger partial charge is 0.256 e. The summed E-state index contributed by atoms with van der Waals surface area (Å²) in [6, 6.07) is 30.2. The molecule has 0 saturated heterocycles. The zero-order valence-electron chi connectivity index (χ0n) is 17.9. The average Bonchev–Trinajstić information content (AvgIpc) is 2.86. The summed E-state index contributed by atoms with van der Waals surface area (Å²) >= 11 is 0. The van der Waals surface area contributed by atoms with Gasteiger partial charge in [-0.3, -0.25) is 4.99 Å². The van der Waals surface area contributed by atoms with Gasteiger partial charge < -0.3 is 0 Å². The van der Waals surface area contributed by atoms with Crippen LogP contribution in [0.4, 0.5) is 0 Å². The van der Waals surface area contributed by atoms with E-state index in [1.54, 1.807) is 0 Å². The van der Waals surface area contributed by atoms with Crippen LogP contribution in [0.2, 0.25) is 0 Å². The number of fused-ring (bicyclic) bond motifs is 6. The van der Waals surface area contributed by atoms with Crippen LogP contribution in [0.1, 0.15) is 28.7 Å². The van der Waals surface area contributed by atoms with Crippen LogP contribution >= 0.6 is 0 Å². The van der Waals surface area contributed by atoms with Crippen molar-refractivity contribution in [1.82, 2.24) is 0 Å². The predicted octanol–water partition coefficient (Wildman–Crippen LogP) is 8.20. The Morgan fingerprint density at radius 3 is 2.28 bits per heavy atom. The molecule has 0 N–H and O–H groups in total. The van der Waals surface area contributed by atoms with Crippen molar-refractivity contribution in [1.29, 1.82) is 0 Å². The molecular formula is C31H23N. The monoisotopic (exact) mass is 409 g/mol. The first kappa shape index (κ1) is 18.8. The Balaban J connectivity index is 1.48. The molecule has 0 heterocycles. The Morgan fingerprint density at radius 2 is 1.44 bits per heavy atom. The molecule has 0 bridgehead atoms. The van der Waals surface area contributed by atoms with Crippen molar-refractivity contribution < 1.29 is 0 Å². The lowest BCUT2D eigenvalue weighted by Gasteiger charge is -2.17. The fourth-order valence-corrected chi connectivity index (χ4v) is 4.94. The summed E-state index contributed by atoms with van der Waals surface area (Å²) in [6.07, 6.45) is 8.66. The van der Waals surface area contributed by atoms with Gasteiger partial charge in [-0.1, -0.05) is 91.5 Å². The lowest BCUT2D eigenvalue weighted by Crippen LogP contribution is -1.98. The number of aliphatic imine (C=N–C) groups is 1. The van der Waals surface area contributed by atoms with Crippen molar-refractivity contribution >= 4 is 50.3 Å². The van der Waals surface area contributed by atoms with Crippen molar-refractivity contribution in [2.24, 2.45) is 4.99 Å². The van der Waals surface area contributed by atoms with Crippen molar-refractivity contribution in [3.8, 4) is 0 Å². The second-order valence-electron chi connectivity index (χ2n) is 8.42. The van der Waals surface area contributed by atoms with Crippen LogP contribution in [0, 0.1) is 0 Å². The molecule has 0 spiro atoms. The summed E-state index contributed by atoms with van der Waals surface area (Å²) in [7, 11) is 0. The van der Waals surface area contributed by atoms with Crippen LogP contribution in [-0.2, 0) is 6.42 Å². The van der Waals surface area contributed by atoms with Gasteiger partial charge in [-0.25, -0.2) is 0 Å². The van der Waals surface area contributed by atoms with E-state index in [1.807, 2.05) is 6.21 Å². The van der Waals surface area contributed by atoms with Gasteiger partial charge in [0.15, 0.2) is 0 Å². The van der Waals surface area contributed by atoms with Crippen LogP contribution in [0.3, 0.4) is 0 Å². The maximum absolute atomic E-state index is 4.88. The maximum atomic E-state index is 4.88. The van der Waals surface area contributed by atoms with Gasteiger partial charge >= 0.3 is 0 Å². The molecule has 32 heavy (non-hydrogen) atoms. The highest BCUT2D eigenvalue weighted by atomic mass is 14.7. The van der Waals surface area contributed by atoms with Crippen molar-refractivity contribution in [3.63, 3.8) is 0 Å². The van der Waals surface area contributed by atoms with Gasteiger partial charge in [0.2, 0.25) is 0 Å². The molecule has 1 nitrogen and oxygen atoms in total. The van der Waals surface area contributed by atoms with E-state index in [1.165, 1.54) is 43.4 Å². The highest BCUT2D eigenvalue weighted by Crippen LogP contribution is 2.34. The summed E-state index contributed by atoms with van der Waals surface area (Å²) < 4.78 is 0. The van der Waals surface area contributed by atoms with Crippen LogP contribution < -0.4 is 0 Å². The summed E-state index contributed by atoms with van der Waals surface area (Å²) in [5.41, 5.74) is 5.76. The summed E-state index contributed by atoms with van der Waals surface area (Å²) in [4.78, 5) is 4.88. The number of hydrogen-bond acceptors (Lipinski definition) is 1. The van der Waals surface area contributed by atoms with Gasteiger partial charge in [0, 0.05) is 17.3 Å². The molecule has 1 heteroatoms. The standard InChI is InChI=1S/C31H23N/c1-21(31-19-23-11-3-5-13-26(23)29-16-8-9-17-30(29)31)32-20-24-18-22-10-2-4-12-25(22)28-15-7-6-14-27(24)28/h2,4-10,12-20H,1,3,11H2/b32-20+. The molecule has 0 radical (unpaired) electrons. The van der Waals surface area contributed by atoms with E-state index in [-0.39, 0.29) is 0 Å². The first-order valence-electron chi connectivity index (χ1n) is 11.1. The van der Waals surface area contributed by atoms with E-state index in [2.05, 4.69) is 104 Å². The fraction of sp³-hybridized carbons (Fsp3) is 0.0645. The zero-order valence-corrected chi connectivity index (χ0v) is 17.9. The fourth-order valence-electron chi connectivity index (χ4n) is 4.94. The normalized spacial score (nSPS) is 13.2. The number of benzene rings is 5. The third-order valence-electron chi connectivity index (χ3n) is 6.51. The second kappa shape index (κ2) is 7.62. The highest BCUT2D eigenvalue weighted by Gasteiger charge is 2.14. The predicted molar refractivity (Wildman–Crippen MR) is 139 cm³/mol. The van der Waals surface area contributed by atoms with Crippen LogP contribution in [0.5, 0.6) is 0 Å².